The molecule has 0 aromatic rings. The van der Waals surface area contributed by atoms with Crippen LogP contribution in [0.3, 0.4) is 0 Å². The SMILES string of the molecule is C[C@@]12CCC[C@H]1[C@@H]1C[C@H](N)C3CCCC[C@]3(C)[C@H]1CC2. The first kappa shape index (κ1) is 13.6. The Morgan fingerprint density at radius 2 is 1.60 bits per heavy atom. The van der Waals surface area contributed by atoms with Crippen LogP contribution in [0.4, 0.5) is 0 Å². The van der Waals surface area contributed by atoms with E-state index in [-0.39, 0.29) is 0 Å². The molecule has 7 atom stereocenters. The van der Waals surface area contributed by atoms with Gasteiger partial charge in [-0.2, -0.15) is 0 Å². The van der Waals surface area contributed by atoms with Gasteiger partial charge in [-0.15, -0.1) is 0 Å². The fourth-order valence-corrected chi connectivity index (χ4v) is 7.46. The quantitative estimate of drug-likeness (QED) is 0.678. The van der Waals surface area contributed by atoms with E-state index in [9.17, 15) is 0 Å². The number of nitrogens with two attached hydrogens (primary N) is 1. The van der Waals surface area contributed by atoms with Crippen molar-refractivity contribution < 1.29 is 0 Å². The fraction of sp³-hybridized carbons (Fsp3) is 1.00. The number of rotatable bonds is 0. The second-order valence-electron chi connectivity index (χ2n) is 9.22. The summed E-state index contributed by atoms with van der Waals surface area (Å²) >= 11 is 0. The van der Waals surface area contributed by atoms with Crippen molar-refractivity contribution in [3.8, 4) is 0 Å². The normalized spacial score (nSPS) is 58.6. The smallest absolute Gasteiger partial charge is 0.00753 e. The van der Waals surface area contributed by atoms with Crippen molar-refractivity contribution in [2.45, 2.75) is 84.1 Å². The van der Waals surface area contributed by atoms with Gasteiger partial charge in [0.25, 0.3) is 0 Å². The minimum absolute atomic E-state index is 0.504. The van der Waals surface area contributed by atoms with Crippen molar-refractivity contribution in [2.75, 3.05) is 0 Å². The van der Waals surface area contributed by atoms with Crippen molar-refractivity contribution in [1.82, 2.24) is 0 Å². The molecule has 0 bridgehead atoms. The Kier molecular flexibility index (Phi) is 3.05. The van der Waals surface area contributed by atoms with E-state index in [4.69, 9.17) is 5.73 Å². The third-order valence-electron chi connectivity index (χ3n) is 8.45. The Balaban J connectivity index is 1.68. The van der Waals surface area contributed by atoms with Crippen LogP contribution in [-0.2, 0) is 0 Å². The minimum atomic E-state index is 0.504. The first-order valence-electron chi connectivity index (χ1n) is 9.30. The molecular weight excluding hydrogens is 242 g/mol. The third kappa shape index (κ3) is 1.71. The van der Waals surface area contributed by atoms with Crippen molar-refractivity contribution in [1.29, 1.82) is 0 Å². The molecule has 4 saturated carbocycles. The molecule has 0 amide bonds. The van der Waals surface area contributed by atoms with Crippen LogP contribution in [0, 0.1) is 34.5 Å². The molecule has 4 aliphatic rings. The van der Waals surface area contributed by atoms with Gasteiger partial charge in [-0.25, -0.2) is 0 Å². The Morgan fingerprint density at radius 1 is 0.800 bits per heavy atom. The van der Waals surface area contributed by atoms with Crippen LogP contribution in [-0.4, -0.2) is 6.04 Å². The van der Waals surface area contributed by atoms with E-state index < -0.39 is 0 Å². The van der Waals surface area contributed by atoms with Crippen LogP contribution in [0.15, 0.2) is 0 Å². The topological polar surface area (TPSA) is 26.0 Å². The van der Waals surface area contributed by atoms with Gasteiger partial charge in [0.15, 0.2) is 0 Å². The number of fused-ring (bicyclic) bond motifs is 5. The van der Waals surface area contributed by atoms with Crippen LogP contribution in [0.5, 0.6) is 0 Å². The lowest BCUT2D eigenvalue weighted by Gasteiger charge is -2.61. The largest absolute Gasteiger partial charge is 0.327 e. The molecule has 1 unspecified atom stereocenters. The van der Waals surface area contributed by atoms with Gasteiger partial charge in [0.05, 0.1) is 0 Å². The molecule has 0 aromatic carbocycles. The van der Waals surface area contributed by atoms with Crippen molar-refractivity contribution in [3.05, 3.63) is 0 Å². The summed E-state index contributed by atoms with van der Waals surface area (Å²) in [5, 5.41) is 0. The molecule has 0 aromatic heterocycles. The maximum atomic E-state index is 6.71. The van der Waals surface area contributed by atoms with E-state index in [0.29, 0.717) is 16.9 Å². The molecule has 2 N–H and O–H groups in total. The molecular formula is C19H33N. The van der Waals surface area contributed by atoms with Gasteiger partial charge in [0, 0.05) is 6.04 Å². The molecule has 1 heteroatoms. The van der Waals surface area contributed by atoms with E-state index >= 15 is 0 Å². The molecule has 114 valence electrons. The lowest BCUT2D eigenvalue weighted by molar-refractivity contribution is -0.111. The fourth-order valence-electron chi connectivity index (χ4n) is 7.46. The Morgan fingerprint density at radius 3 is 2.45 bits per heavy atom. The van der Waals surface area contributed by atoms with Gasteiger partial charge >= 0.3 is 0 Å². The Bertz CT molecular complexity index is 391. The third-order valence-corrected chi connectivity index (χ3v) is 8.45. The average molecular weight is 275 g/mol. The van der Waals surface area contributed by atoms with Gasteiger partial charge in [-0.1, -0.05) is 33.1 Å². The highest BCUT2D eigenvalue weighted by Gasteiger charge is 2.58. The zero-order chi connectivity index (χ0) is 14.0. The van der Waals surface area contributed by atoms with Crippen molar-refractivity contribution in [2.24, 2.45) is 40.2 Å². The second kappa shape index (κ2) is 4.48. The maximum absolute atomic E-state index is 6.71. The predicted octanol–water partition coefficient (Wildman–Crippen LogP) is 4.75. The summed E-state index contributed by atoms with van der Waals surface area (Å²) in [4.78, 5) is 0. The van der Waals surface area contributed by atoms with Crippen LogP contribution >= 0.6 is 0 Å². The molecule has 0 spiro atoms. The van der Waals surface area contributed by atoms with Gasteiger partial charge in [-0.05, 0) is 79.4 Å². The van der Waals surface area contributed by atoms with Crippen molar-refractivity contribution >= 4 is 0 Å². The average Bonchev–Trinajstić information content (AvgIpc) is 2.81. The Hall–Kier alpha value is -0.0400. The molecule has 4 fully saturated rings. The van der Waals surface area contributed by atoms with E-state index in [2.05, 4.69) is 13.8 Å². The van der Waals surface area contributed by atoms with E-state index in [0.717, 1.165) is 23.7 Å². The first-order valence-corrected chi connectivity index (χ1v) is 9.30. The maximum Gasteiger partial charge on any atom is 0.00753 e. The monoisotopic (exact) mass is 275 g/mol. The van der Waals surface area contributed by atoms with Gasteiger partial charge in [0.2, 0.25) is 0 Å². The molecule has 0 radical (unpaired) electrons. The Labute approximate surface area is 125 Å². The summed E-state index contributed by atoms with van der Waals surface area (Å²) in [6.07, 6.45) is 14.6. The predicted molar refractivity (Wildman–Crippen MR) is 84.3 cm³/mol. The van der Waals surface area contributed by atoms with Crippen LogP contribution in [0.25, 0.3) is 0 Å². The molecule has 0 heterocycles. The van der Waals surface area contributed by atoms with Gasteiger partial charge in [0.1, 0.15) is 0 Å². The standard InChI is InChI=1S/C19H33N/c1-18-9-5-7-14(18)13-12-17(20)16-6-3-4-10-19(16,2)15(13)8-11-18/h13-17H,3-12,20H2,1-2H3/t13-,14-,15-,16?,17-,18-,19+/m0/s1. The zero-order valence-electron chi connectivity index (χ0n) is 13.5. The summed E-state index contributed by atoms with van der Waals surface area (Å²) in [6.45, 7) is 5.23. The van der Waals surface area contributed by atoms with E-state index in [1.807, 2.05) is 0 Å². The first-order chi connectivity index (χ1) is 9.55. The minimum Gasteiger partial charge on any atom is -0.327 e. The second-order valence-corrected chi connectivity index (χ2v) is 9.22. The number of hydrogen-bond acceptors (Lipinski definition) is 1. The summed E-state index contributed by atoms with van der Waals surface area (Å²) in [5.41, 5.74) is 7.97. The summed E-state index contributed by atoms with van der Waals surface area (Å²) in [7, 11) is 0. The van der Waals surface area contributed by atoms with Gasteiger partial charge < -0.3 is 5.73 Å². The zero-order valence-corrected chi connectivity index (χ0v) is 13.5. The molecule has 1 nitrogen and oxygen atoms in total. The lowest BCUT2D eigenvalue weighted by atomic mass is 9.44. The van der Waals surface area contributed by atoms with Crippen molar-refractivity contribution in [3.63, 3.8) is 0 Å². The molecule has 4 aliphatic carbocycles. The van der Waals surface area contributed by atoms with E-state index in [1.165, 1.54) is 64.2 Å². The molecule has 4 rings (SSSR count). The highest BCUT2D eigenvalue weighted by Crippen LogP contribution is 2.65. The van der Waals surface area contributed by atoms with Crippen LogP contribution < -0.4 is 5.73 Å². The number of hydrogen-bond donors (Lipinski definition) is 1. The highest BCUT2D eigenvalue weighted by molar-refractivity contribution is 5.09. The molecule has 0 aliphatic heterocycles. The molecule has 20 heavy (non-hydrogen) atoms. The van der Waals surface area contributed by atoms with E-state index in [1.54, 1.807) is 0 Å². The summed E-state index contributed by atoms with van der Waals surface area (Å²) < 4.78 is 0. The van der Waals surface area contributed by atoms with Crippen LogP contribution in [0.1, 0.15) is 78.1 Å². The van der Waals surface area contributed by atoms with Crippen LogP contribution in [0.2, 0.25) is 0 Å². The summed E-state index contributed by atoms with van der Waals surface area (Å²) in [5.74, 6) is 3.81. The lowest BCUT2D eigenvalue weighted by Crippen LogP contribution is -2.58. The molecule has 0 saturated heterocycles. The summed E-state index contributed by atoms with van der Waals surface area (Å²) in [6, 6.07) is 0.504. The van der Waals surface area contributed by atoms with Gasteiger partial charge in [-0.3, -0.25) is 0 Å². The highest BCUT2D eigenvalue weighted by atomic mass is 14.7.